The zero-order chi connectivity index (χ0) is 39.6. The van der Waals surface area contributed by atoms with Crippen molar-refractivity contribution in [3.63, 3.8) is 0 Å². The highest BCUT2D eigenvalue weighted by Crippen LogP contribution is 2.34. The zero-order valence-corrected chi connectivity index (χ0v) is 32.1. The number of nitrogens with one attached hydrogen (secondary N) is 1. The monoisotopic (exact) mass is 771 g/mol. The molecule has 0 spiro atoms. The Labute approximate surface area is 330 Å². The quantitative estimate of drug-likeness (QED) is 0.0895. The van der Waals surface area contributed by atoms with Gasteiger partial charge in [-0.1, -0.05) is 29.4 Å². The summed E-state index contributed by atoms with van der Waals surface area (Å²) in [5, 5.41) is 20.0. The topological polar surface area (TPSA) is 159 Å². The lowest BCUT2D eigenvalue weighted by atomic mass is 9.98. The molecule has 4 aliphatic rings. The van der Waals surface area contributed by atoms with Crippen LogP contribution in [0.3, 0.4) is 0 Å². The number of rotatable bonds is 12. The minimum atomic E-state index is -0.978. The number of carbonyl (C=O) groups excluding carboxylic acids is 4. The predicted octanol–water partition coefficient (Wildman–Crippen LogP) is 4.71. The van der Waals surface area contributed by atoms with Gasteiger partial charge >= 0.3 is 0 Å². The number of ether oxygens (including phenoxy) is 2. The Kier molecular flexibility index (Phi) is 10.7. The zero-order valence-electron chi connectivity index (χ0n) is 32.1. The first kappa shape index (κ1) is 37.8. The molecule has 3 aromatic carbocycles. The van der Waals surface area contributed by atoms with E-state index in [-0.39, 0.29) is 18.4 Å². The average Bonchev–Trinajstić information content (AvgIpc) is 3.93. The Morgan fingerprint density at radius 3 is 2.37 bits per heavy atom. The fraction of sp³-hybridized carbons (Fsp3) is 0.349. The van der Waals surface area contributed by atoms with Crippen molar-refractivity contribution in [1.29, 1.82) is 0 Å². The van der Waals surface area contributed by atoms with Gasteiger partial charge in [-0.05, 0) is 92.3 Å². The number of amides is 4. The second-order valence-electron chi connectivity index (χ2n) is 14.7. The maximum atomic E-state index is 13.3. The van der Waals surface area contributed by atoms with Crippen molar-refractivity contribution >= 4 is 40.6 Å². The number of piperidine rings is 1. The van der Waals surface area contributed by atoms with Crippen molar-refractivity contribution in [2.24, 2.45) is 5.16 Å². The van der Waals surface area contributed by atoms with Gasteiger partial charge in [0.25, 0.3) is 11.8 Å². The third-order valence-corrected chi connectivity index (χ3v) is 11.3. The molecular formula is C43H45N7O7. The maximum Gasteiger partial charge on any atom is 0.262 e. The van der Waals surface area contributed by atoms with Crippen molar-refractivity contribution in [3.8, 4) is 22.6 Å². The summed E-state index contributed by atoms with van der Waals surface area (Å²) in [4.78, 5) is 55.8. The number of benzene rings is 3. The number of oxime groups is 1. The normalized spacial score (nSPS) is 19.4. The number of anilines is 1. The molecule has 4 amide bonds. The van der Waals surface area contributed by atoms with Crippen molar-refractivity contribution in [2.75, 3.05) is 57.4 Å². The van der Waals surface area contributed by atoms with Crippen LogP contribution >= 0.6 is 0 Å². The Hall–Kier alpha value is -6.12. The van der Waals surface area contributed by atoms with E-state index in [9.17, 15) is 24.4 Å². The fourth-order valence-electron chi connectivity index (χ4n) is 7.98. The van der Waals surface area contributed by atoms with Gasteiger partial charge in [0.15, 0.2) is 0 Å². The van der Waals surface area contributed by atoms with Crippen LogP contribution in [0.25, 0.3) is 22.4 Å². The Balaban J connectivity index is 0.781. The van der Waals surface area contributed by atoms with E-state index in [1.807, 2.05) is 48.0 Å². The third-order valence-electron chi connectivity index (χ3n) is 11.3. The average molecular weight is 772 g/mol. The van der Waals surface area contributed by atoms with Gasteiger partial charge in [0, 0.05) is 62.2 Å². The molecule has 1 aliphatic carbocycles. The first-order chi connectivity index (χ1) is 27.7. The van der Waals surface area contributed by atoms with E-state index in [4.69, 9.17) is 14.6 Å². The Morgan fingerprint density at radius 1 is 0.860 bits per heavy atom. The van der Waals surface area contributed by atoms with Crippen LogP contribution in [0.1, 0.15) is 70.6 Å². The highest BCUT2D eigenvalue weighted by Gasteiger charge is 2.44. The molecule has 0 saturated carbocycles. The summed E-state index contributed by atoms with van der Waals surface area (Å²) in [7, 11) is 0. The van der Waals surface area contributed by atoms with Crippen LogP contribution in [0.2, 0.25) is 0 Å². The van der Waals surface area contributed by atoms with Gasteiger partial charge in [-0.2, -0.15) is 5.10 Å². The number of fused-ring (bicyclic) bond motifs is 2. The number of aromatic nitrogens is 2. The number of imide groups is 2. The van der Waals surface area contributed by atoms with Gasteiger partial charge in [0.1, 0.15) is 18.4 Å². The number of piperazine rings is 1. The van der Waals surface area contributed by atoms with Crippen LogP contribution in [0.5, 0.6) is 5.75 Å². The SMILES string of the molecule is C/C=C(\C)c1nn(-c2ccc(OCCOCCN3CCN(c4ccc5c(c4)C(=O)N(C4CCC(=O)NC4=O)C5=O)CC3)cc2)cc1-c1ccc2c(c1)CC/C2=N\O. The van der Waals surface area contributed by atoms with Crippen molar-refractivity contribution < 1.29 is 33.9 Å². The highest BCUT2D eigenvalue weighted by atomic mass is 16.5. The molecule has 2 fully saturated rings. The van der Waals surface area contributed by atoms with Gasteiger partial charge in [-0.3, -0.25) is 34.3 Å². The minimum absolute atomic E-state index is 0.0877. The van der Waals surface area contributed by atoms with E-state index < -0.39 is 29.7 Å². The molecule has 1 unspecified atom stereocenters. The van der Waals surface area contributed by atoms with E-state index in [0.717, 1.165) is 101 Å². The van der Waals surface area contributed by atoms with E-state index in [0.29, 0.717) is 25.4 Å². The molecule has 4 heterocycles. The van der Waals surface area contributed by atoms with Crippen LogP contribution in [-0.4, -0.2) is 113 Å². The Bertz CT molecular complexity index is 2290. The number of carbonyl (C=O) groups is 4. The summed E-state index contributed by atoms with van der Waals surface area (Å²) in [6.07, 6.45) is 5.93. The molecule has 0 radical (unpaired) electrons. The van der Waals surface area contributed by atoms with Crippen LogP contribution in [-0.2, 0) is 20.7 Å². The predicted molar refractivity (Wildman–Crippen MR) is 213 cm³/mol. The fourth-order valence-corrected chi connectivity index (χ4v) is 7.98. The van der Waals surface area contributed by atoms with Crippen LogP contribution < -0.4 is 15.0 Å². The summed E-state index contributed by atoms with van der Waals surface area (Å²) < 4.78 is 13.8. The smallest absolute Gasteiger partial charge is 0.262 e. The molecule has 4 aromatic rings. The second-order valence-corrected chi connectivity index (χ2v) is 14.7. The standard InChI is InChI=1S/C43H45N7O7/c1-3-27(2)40-36(29-4-11-33-28(24-29)5-13-37(33)46-55)26-49(45-40)30-6-9-32(10-7-30)57-23-22-56-21-20-47-16-18-48(19-17-47)31-8-12-34-35(25-31)43(54)50(42(34)53)38-14-15-39(51)44-41(38)52/h3-4,6-12,24-26,38,55H,5,13-23H2,1-2H3,(H,44,51,52)/b27-3+,46-37+. The van der Waals surface area contributed by atoms with Gasteiger partial charge in [-0.15, -0.1) is 0 Å². The molecule has 2 saturated heterocycles. The van der Waals surface area contributed by atoms with Crippen molar-refractivity contribution in [3.05, 3.63) is 101 Å². The lowest BCUT2D eigenvalue weighted by molar-refractivity contribution is -0.136. The summed E-state index contributed by atoms with van der Waals surface area (Å²) in [6.45, 7) is 9.46. The minimum Gasteiger partial charge on any atom is -0.491 e. The summed E-state index contributed by atoms with van der Waals surface area (Å²) in [5.74, 6) is -1.26. The molecule has 8 rings (SSSR count). The summed E-state index contributed by atoms with van der Waals surface area (Å²) in [5.41, 5.74) is 9.39. The number of aryl methyl sites for hydroxylation is 1. The molecule has 3 aliphatic heterocycles. The molecule has 1 atom stereocenters. The largest absolute Gasteiger partial charge is 0.491 e. The molecule has 14 heteroatoms. The van der Waals surface area contributed by atoms with E-state index in [1.165, 1.54) is 5.56 Å². The van der Waals surface area contributed by atoms with E-state index in [2.05, 4.69) is 51.6 Å². The molecule has 14 nitrogen and oxygen atoms in total. The Morgan fingerprint density at radius 2 is 1.61 bits per heavy atom. The van der Waals surface area contributed by atoms with Crippen LogP contribution in [0.4, 0.5) is 5.69 Å². The summed E-state index contributed by atoms with van der Waals surface area (Å²) >= 11 is 0. The number of hydrogen-bond acceptors (Lipinski definition) is 11. The second kappa shape index (κ2) is 16.2. The first-order valence-electron chi connectivity index (χ1n) is 19.4. The van der Waals surface area contributed by atoms with Gasteiger partial charge in [-0.25, -0.2) is 4.68 Å². The molecule has 1 aromatic heterocycles. The highest BCUT2D eigenvalue weighted by molar-refractivity contribution is 6.23. The van der Waals surface area contributed by atoms with Crippen molar-refractivity contribution in [1.82, 2.24) is 24.9 Å². The van der Waals surface area contributed by atoms with Crippen molar-refractivity contribution in [2.45, 2.75) is 45.6 Å². The molecule has 2 N–H and O–H groups in total. The number of nitrogens with zero attached hydrogens (tertiary/aromatic N) is 6. The number of hydrogen-bond donors (Lipinski definition) is 2. The molecule has 0 bridgehead atoms. The lowest BCUT2D eigenvalue weighted by Crippen LogP contribution is -2.54. The maximum absolute atomic E-state index is 13.3. The van der Waals surface area contributed by atoms with E-state index >= 15 is 0 Å². The van der Waals surface area contributed by atoms with E-state index in [1.54, 1.807) is 12.1 Å². The van der Waals surface area contributed by atoms with Crippen LogP contribution in [0.15, 0.2) is 78.1 Å². The first-order valence-corrected chi connectivity index (χ1v) is 19.4. The molecule has 294 valence electrons. The lowest BCUT2D eigenvalue weighted by Gasteiger charge is -2.36. The van der Waals surface area contributed by atoms with Gasteiger partial charge in [0.05, 0.1) is 41.4 Å². The third kappa shape index (κ3) is 7.57. The van der Waals surface area contributed by atoms with Gasteiger partial charge < -0.3 is 19.6 Å². The van der Waals surface area contributed by atoms with Gasteiger partial charge in [0.2, 0.25) is 11.8 Å². The number of allylic oxidation sites excluding steroid dienone is 2. The summed E-state index contributed by atoms with van der Waals surface area (Å²) in [6, 6.07) is 18.4. The molecular weight excluding hydrogens is 727 g/mol. The molecule has 57 heavy (non-hydrogen) atoms. The van der Waals surface area contributed by atoms with Crippen LogP contribution in [0, 0.1) is 0 Å².